The monoisotopic (exact) mass is 619 g/mol. The Balaban J connectivity index is 1.68. The maximum Gasteiger partial charge on any atom is 0.245 e. The summed E-state index contributed by atoms with van der Waals surface area (Å²) in [5.74, 6) is -0.623. The van der Waals surface area contributed by atoms with E-state index in [9.17, 15) is 19.2 Å². The molecule has 2 bridgehead atoms. The van der Waals surface area contributed by atoms with E-state index in [1.54, 1.807) is 10.9 Å². The number of nitrogens with one attached hydrogen (secondary N) is 4. The number of carbonyl (C=O) groups excluding carboxylic acids is 4. The van der Waals surface area contributed by atoms with Gasteiger partial charge in [-0.2, -0.15) is 0 Å². The normalized spacial score (nSPS) is 21.8. The van der Waals surface area contributed by atoms with Crippen LogP contribution >= 0.6 is 0 Å². The van der Waals surface area contributed by atoms with E-state index in [0.29, 0.717) is 37.8 Å². The first kappa shape index (κ1) is 33.9. The molecule has 2 aromatic heterocycles. The molecule has 3 aromatic rings. The van der Waals surface area contributed by atoms with Crippen molar-refractivity contribution in [2.75, 3.05) is 0 Å². The fourth-order valence-corrected chi connectivity index (χ4v) is 5.93. The van der Waals surface area contributed by atoms with Crippen LogP contribution in [0.2, 0.25) is 0 Å². The number of hydrogen-bond donors (Lipinski definition) is 4. The predicted molar refractivity (Wildman–Crippen MR) is 173 cm³/mol. The van der Waals surface area contributed by atoms with E-state index in [1.807, 2.05) is 65.1 Å². The SMILES string of the molecule is CCC(=O)CCCCC[C@@H]1NC(=O)[C@@H](CC(C)C)n2cc(nn2)[C@H]([C@@H](C)CC)NC(=O)[C@H](Cc2c[nH]c3ccccc23)NC1=O. The van der Waals surface area contributed by atoms with Crippen molar-refractivity contribution in [2.24, 2.45) is 11.8 Å². The van der Waals surface area contributed by atoms with Crippen LogP contribution in [-0.2, 0) is 25.6 Å². The maximum absolute atomic E-state index is 14.0. The second kappa shape index (κ2) is 15.8. The standard InChI is InChI=1S/C34H49N7O4/c1-6-22(5)31-29-20-41(40-39-29)30(17-21(3)4)34(45)36-27(16-10-8-9-13-24(42)7-2)32(43)37-28(33(44)38-31)18-23-19-35-26-15-12-11-14-25(23)26/h11-12,14-15,19-22,27-28,30-31,35H,6-10,13,16-18H2,1-5H3,(H,36,45)(H,37,43)(H,38,44)/t22-,27-,28-,30+,31-/m0/s1. The second-order valence-electron chi connectivity index (χ2n) is 12.8. The van der Waals surface area contributed by atoms with Crippen LogP contribution in [0.25, 0.3) is 10.9 Å². The van der Waals surface area contributed by atoms with Gasteiger partial charge in [0.05, 0.1) is 12.2 Å². The molecule has 11 nitrogen and oxygen atoms in total. The largest absolute Gasteiger partial charge is 0.361 e. The molecule has 0 aliphatic carbocycles. The van der Waals surface area contributed by atoms with Crippen LogP contribution < -0.4 is 16.0 Å². The molecule has 0 spiro atoms. The topological polar surface area (TPSA) is 151 Å². The highest BCUT2D eigenvalue weighted by Crippen LogP contribution is 2.26. The number of fused-ring (bicyclic) bond motifs is 3. The van der Waals surface area contributed by atoms with Crippen LogP contribution in [0, 0.1) is 11.8 Å². The van der Waals surface area contributed by atoms with Crippen LogP contribution in [0.15, 0.2) is 36.7 Å². The summed E-state index contributed by atoms with van der Waals surface area (Å²) in [7, 11) is 0. The summed E-state index contributed by atoms with van der Waals surface area (Å²) >= 11 is 0. The van der Waals surface area contributed by atoms with Crippen LogP contribution in [-0.4, -0.2) is 55.6 Å². The van der Waals surface area contributed by atoms with Crippen molar-refractivity contribution in [3.63, 3.8) is 0 Å². The van der Waals surface area contributed by atoms with Crippen molar-refractivity contribution in [3.05, 3.63) is 47.9 Å². The van der Waals surface area contributed by atoms with Crippen LogP contribution in [0.4, 0.5) is 0 Å². The van der Waals surface area contributed by atoms with Gasteiger partial charge in [0.1, 0.15) is 29.6 Å². The lowest BCUT2D eigenvalue weighted by Crippen LogP contribution is -2.55. The van der Waals surface area contributed by atoms with E-state index in [2.05, 4.69) is 31.2 Å². The van der Waals surface area contributed by atoms with Gasteiger partial charge in [-0.25, -0.2) is 4.68 Å². The van der Waals surface area contributed by atoms with Crippen molar-refractivity contribution >= 4 is 34.4 Å². The van der Waals surface area contributed by atoms with Gasteiger partial charge in [-0.05, 0) is 42.7 Å². The highest BCUT2D eigenvalue weighted by molar-refractivity contribution is 5.93. The average Bonchev–Trinajstić information content (AvgIpc) is 3.67. The van der Waals surface area contributed by atoms with Crippen molar-refractivity contribution in [2.45, 2.75) is 117 Å². The summed E-state index contributed by atoms with van der Waals surface area (Å²) in [6, 6.07) is 4.97. The Kier molecular flexibility index (Phi) is 11.9. The third-order valence-electron chi connectivity index (χ3n) is 8.88. The third-order valence-corrected chi connectivity index (χ3v) is 8.88. The fraction of sp³-hybridized carbons (Fsp3) is 0.588. The van der Waals surface area contributed by atoms with Gasteiger partial charge >= 0.3 is 0 Å². The summed E-state index contributed by atoms with van der Waals surface area (Å²) < 4.78 is 1.57. The number of amides is 3. The molecule has 1 aliphatic heterocycles. The summed E-state index contributed by atoms with van der Waals surface area (Å²) in [6.45, 7) is 10.0. The molecule has 0 saturated heterocycles. The van der Waals surface area contributed by atoms with Crippen LogP contribution in [0.1, 0.15) is 109 Å². The number of nitrogens with zero attached hydrogens (tertiary/aromatic N) is 3. The third kappa shape index (κ3) is 8.79. The molecule has 45 heavy (non-hydrogen) atoms. The lowest BCUT2D eigenvalue weighted by molar-refractivity contribution is -0.133. The Morgan fingerprint density at radius 1 is 0.933 bits per heavy atom. The summed E-state index contributed by atoms with van der Waals surface area (Å²) in [6.07, 6.45) is 8.70. The molecule has 0 fully saturated rings. The van der Waals surface area contributed by atoms with Crippen molar-refractivity contribution in [1.29, 1.82) is 0 Å². The Bertz CT molecular complexity index is 1460. The maximum atomic E-state index is 14.0. The average molecular weight is 620 g/mol. The molecule has 11 heteroatoms. The number of carbonyl (C=O) groups is 4. The summed E-state index contributed by atoms with van der Waals surface area (Å²) in [4.78, 5) is 56.9. The number of hydrogen-bond acceptors (Lipinski definition) is 6. The Labute approximate surface area is 265 Å². The lowest BCUT2D eigenvalue weighted by Gasteiger charge is -2.27. The number of Topliss-reactive ketones (excluding diaryl/α,β-unsaturated/α-hetero) is 1. The fourth-order valence-electron chi connectivity index (χ4n) is 5.93. The van der Waals surface area contributed by atoms with Gasteiger partial charge in [-0.1, -0.05) is 77.3 Å². The molecule has 244 valence electrons. The summed E-state index contributed by atoms with van der Waals surface area (Å²) in [5, 5.41) is 18.9. The molecule has 3 heterocycles. The van der Waals surface area contributed by atoms with Gasteiger partial charge in [-0.3, -0.25) is 19.2 Å². The molecule has 5 atom stereocenters. The van der Waals surface area contributed by atoms with Gasteiger partial charge in [0, 0.05) is 36.4 Å². The van der Waals surface area contributed by atoms with E-state index in [1.165, 1.54) is 0 Å². The quantitative estimate of drug-likeness (QED) is 0.204. The first-order valence-corrected chi connectivity index (χ1v) is 16.5. The number of ketones is 1. The second-order valence-corrected chi connectivity index (χ2v) is 12.8. The van der Waals surface area contributed by atoms with Crippen molar-refractivity contribution < 1.29 is 19.2 Å². The van der Waals surface area contributed by atoms with Gasteiger partial charge in [-0.15, -0.1) is 5.10 Å². The zero-order valence-electron chi connectivity index (χ0n) is 27.3. The van der Waals surface area contributed by atoms with Gasteiger partial charge < -0.3 is 20.9 Å². The van der Waals surface area contributed by atoms with Crippen LogP contribution in [0.3, 0.4) is 0 Å². The van der Waals surface area contributed by atoms with E-state index < -0.39 is 30.1 Å². The molecular weight excluding hydrogens is 570 g/mol. The minimum atomic E-state index is -0.896. The Morgan fingerprint density at radius 2 is 1.67 bits per heavy atom. The molecule has 4 N–H and O–H groups in total. The molecule has 4 rings (SSSR count). The van der Waals surface area contributed by atoms with Gasteiger partial charge in [0.15, 0.2) is 0 Å². The van der Waals surface area contributed by atoms with Crippen LogP contribution in [0.5, 0.6) is 0 Å². The zero-order chi connectivity index (χ0) is 32.5. The number of benzene rings is 1. The lowest BCUT2D eigenvalue weighted by atomic mass is 9.95. The van der Waals surface area contributed by atoms with E-state index >= 15 is 0 Å². The van der Waals surface area contributed by atoms with Gasteiger partial charge in [0.25, 0.3) is 0 Å². The van der Waals surface area contributed by atoms with E-state index in [-0.39, 0.29) is 35.9 Å². The number of rotatable bonds is 13. The van der Waals surface area contributed by atoms with E-state index in [4.69, 9.17) is 0 Å². The number of unbranched alkanes of at least 4 members (excludes halogenated alkanes) is 2. The van der Waals surface area contributed by atoms with E-state index in [0.717, 1.165) is 35.7 Å². The van der Waals surface area contributed by atoms with Crippen molar-refractivity contribution in [1.82, 2.24) is 35.9 Å². The zero-order valence-corrected chi connectivity index (χ0v) is 27.3. The minimum absolute atomic E-state index is 0.0263. The molecular formula is C34H49N7O4. The molecule has 1 aliphatic rings. The Morgan fingerprint density at radius 3 is 2.40 bits per heavy atom. The first-order valence-electron chi connectivity index (χ1n) is 16.5. The minimum Gasteiger partial charge on any atom is -0.361 e. The molecule has 3 amide bonds. The highest BCUT2D eigenvalue weighted by Gasteiger charge is 2.34. The summed E-state index contributed by atoms with van der Waals surface area (Å²) in [5.41, 5.74) is 2.43. The van der Waals surface area contributed by atoms with Gasteiger partial charge in [0.2, 0.25) is 17.7 Å². The number of H-pyrrole nitrogens is 1. The number of para-hydroxylation sites is 1. The molecule has 0 unspecified atom stereocenters. The molecule has 0 radical (unpaired) electrons. The van der Waals surface area contributed by atoms with Crippen molar-refractivity contribution in [3.8, 4) is 0 Å². The molecule has 0 saturated carbocycles. The molecule has 1 aromatic carbocycles. The first-order chi connectivity index (χ1) is 21.6. The predicted octanol–water partition coefficient (Wildman–Crippen LogP) is 4.71. The number of aromatic amines is 1. The highest BCUT2D eigenvalue weighted by atomic mass is 16.2. The number of aromatic nitrogens is 4. The smallest absolute Gasteiger partial charge is 0.245 e. The Hall–Kier alpha value is -4.02.